The fourth-order valence-corrected chi connectivity index (χ4v) is 4.42. The summed E-state index contributed by atoms with van der Waals surface area (Å²) in [5.74, 6) is -0.436. The van der Waals surface area contributed by atoms with Crippen molar-refractivity contribution in [3.05, 3.63) is 40.8 Å². The molecule has 0 spiro atoms. The van der Waals surface area contributed by atoms with Gasteiger partial charge in [-0.25, -0.2) is 10.0 Å². The van der Waals surface area contributed by atoms with Crippen LogP contribution >= 0.6 is 0 Å². The van der Waals surface area contributed by atoms with Crippen LogP contribution in [0.1, 0.15) is 40.2 Å². The van der Waals surface area contributed by atoms with Gasteiger partial charge in [0.15, 0.2) is 5.69 Å². The second-order valence-corrected chi connectivity index (χ2v) is 7.72. The predicted molar refractivity (Wildman–Crippen MR) is 110 cm³/mol. The SMILES string of the molecule is CON(C)C(=O)c1n[nH]c2ccc3nc(-c4cn[nH]c4C(F)(F)F)c4c(c3c12)CCCC4. The topological polar surface area (TPSA) is 99.8 Å². The van der Waals surface area contributed by atoms with Gasteiger partial charge in [0, 0.05) is 17.8 Å². The van der Waals surface area contributed by atoms with E-state index in [2.05, 4.69) is 25.4 Å². The summed E-state index contributed by atoms with van der Waals surface area (Å²) >= 11 is 0. The number of halogens is 3. The zero-order valence-electron chi connectivity index (χ0n) is 17.3. The normalized spacial score (nSPS) is 14.2. The zero-order chi connectivity index (χ0) is 22.6. The van der Waals surface area contributed by atoms with Gasteiger partial charge in [0.05, 0.1) is 35.6 Å². The molecule has 0 radical (unpaired) electrons. The van der Waals surface area contributed by atoms with Crippen molar-refractivity contribution in [1.82, 2.24) is 30.4 Å². The first-order valence-corrected chi connectivity index (χ1v) is 10.1. The van der Waals surface area contributed by atoms with Gasteiger partial charge in [0.2, 0.25) is 0 Å². The lowest BCUT2D eigenvalue weighted by molar-refractivity contribution is -0.140. The number of nitrogens with zero attached hydrogens (tertiary/aromatic N) is 4. The van der Waals surface area contributed by atoms with Crippen molar-refractivity contribution in [3.63, 3.8) is 0 Å². The van der Waals surface area contributed by atoms with E-state index in [0.717, 1.165) is 34.4 Å². The van der Waals surface area contributed by atoms with Crippen molar-refractivity contribution in [3.8, 4) is 11.3 Å². The van der Waals surface area contributed by atoms with Crippen molar-refractivity contribution in [2.45, 2.75) is 31.9 Å². The minimum Gasteiger partial charge on any atom is -0.277 e. The highest BCUT2D eigenvalue weighted by atomic mass is 19.4. The summed E-state index contributed by atoms with van der Waals surface area (Å²) in [6.45, 7) is 0. The van der Waals surface area contributed by atoms with E-state index >= 15 is 0 Å². The molecule has 1 aliphatic carbocycles. The third-order valence-electron chi connectivity index (χ3n) is 5.94. The molecule has 3 heterocycles. The monoisotopic (exact) mass is 444 g/mol. The summed E-state index contributed by atoms with van der Waals surface area (Å²) < 4.78 is 40.7. The second kappa shape index (κ2) is 7.30. The fourth-order valence-electron chi connectivity index (χ4n) is 4.42. The first-order chi connectivity index (χ1) is 15.3. The Labute approximate surface area is 179 Å². The molecule has 0 saturated heterocycles. The molecule has 0 bridgehead atoms. The van der Waals surface area contributed by atoms with Gasteiger partial charge in [-0.3, -0.25) is 19.8 Å². The van der Waals surface area contributed by atoms with Crippen LogP contribution in [-0.2, 0) is 23.9 Å². The minimum atomic E-state index is -4.58. The molecule has 8 nitrogen and oxygen atoms in total. The first kappa shape index (κ1) is 20.4. The highest BCUT2D eigenvalue weighted by Gasteiger charge is 2.37. The maximum atomic E-state index is 13.6. The van der Waals surface area contributed by atoms with E-state index in [1.807, 2.05) is 0 Å². The molecular weight excluding hydrogens is 425 g/mol. The molecule has 0 atom stereocenters. The van der Waals surface area contributed by atoms with Crippen LogP contribution in [0.5, 0.6) is 0 Å². The lowest BCUT2D eigenvalue weighted by atomic mass is 9.85. The van der Waals surface area contributed by atoms with Crippen LogP contribution in [0.3, 0.4) is 0 Å². The number of hydrogen-bond acceptors (Lipinski definition) is 5. The summed E-state index contributed by atoms with van der Waals surface area (Å²) in [7, 11) is 2.86. The zero-order valence-corrected chi connectivity index (χ0v) is 17.3. The smallest absolute Gasteiger partial charge is 0.277 e. The average molecular weight is 444 g/mol. The molecule has 166 valence electrons. The number of pyridine rings is 1. The number of aromatic nitrogens is 5. The Morgan fingerprint density at radius 3 is 2.59 bits per heavy atom. The van der Waals surface area contributed by atoms with Crippen LogP contribution in [0.4, 0.5) is 13.2 Å². The number of rotatable bonds is 3. The Morgan fingerprint density at radius 2 is 1.88 bits per heavy atom. The van der Waals surface area contributed by atoms with Crippen LogP contribution < -0.4 is 0 Å². The molecule has 11 heteroatoms. The maximum Gasteiger partial charge on any atom is 0.433 e. The molecule has 0 fully saturated rings. The van der Waals surface area contributed by atoms with E-state index in [-0.39, 0.29) is 17.0 Å². The van der Waals surface area contributed by atoms with Crippen LogP contribution in [0.15, 0.2) is 18.3 Å². The quantitative estimate of drug-likeness (QED) is 0.465. The van der Waals surface area contributed by atoms with E-state index in [0.29, 0.717) is 29.3 Å². The highest BCUT2D eigenvalue weighted by molar-refractivity contribution is 6.16. The number of fused-ring (bicyclic) bond motifs is 5. The molecular formula is C21H19F3N6O2. The van der Waals surface area contributed by atoms with Crippen molar-refractivity contribution >= 4 is 27.7 Å². The van der Waals surface area contributed by atoms with E-state index in [1.165, 1.54) is 20.4 Å². The Kier molecular flexibility index (Phi) is 4.66. The molecule has 0 unspecified atom stereocenters. The molecule has 1 amide bonds. The number of nitrogens with one attached hydrogen (secondary N) is 2. The van der Waals surface area contributed by atoms with Crippen molar-refractivity contribution in [1.29, 1.82) is 0 Å². The van der Waals surface area contributed by atoms with E-state index in [1.54, 1.807) is 12.1 Å². The van der Waals surface area contributed by atoms with Crippen molar-refractivity contribution in [2.75, 3.05) is 14.2 Å². The molecule has 2 N–H and O–H groups in total. The molecule has 3 aromatic heterocycles. The molecule has 0 aliphatic heterocycles. The second-order valence-electron chi connectivity index (χ2n) is 7.72. The lowest BCUT2D eigenvalue weighted by Crippen LogP contribution is -2.26. The summed E-state index contributed by atoms with van der Waals surface area (Å²) in [6.07, 6.45) is -0.428. The van der Waals surface area contributed by atoms with Gasteiger partial charge in [0.1, 0.15) is 5.69 Å². The predicted octanol–water partition coefficient (Wildman–Crippen LogP) is 4.03. The van der Waals surface area contributed by atoms with Gasteiger partial charge in [-0.2, -0.15) is 23.4 Å². The number of aromatic amines is 2. The minimum absolute atomic E-state index is 0.0692. The number of alkyl halides is 3. The third kappa shape index (κ3) is 3.03. The maximum absolute atomic E-state index is 13.6. The number of hydroxylamine groups is 2. The molecule has 1 aliphatic rings. The Morgan fingerprint density at radius 1 is 1.12 bits per heavy atom. The lowest BCUT2D eigenvalue weighted by Gasteiger charge is -2.22. The van der Waals surface area contributed by atoms with Gasteiger partial charge in [-0.1, -0.05) is 0 Å². The molecule has 5 rings (SSSR count). The molecule has 32 heavy (non-hydrogen) atoms. The van der Waals surface area contributed by atoms with Crippen molar-refractivity contribution < 1.29 is 22.8 Å². The summed E-state index contributed by atoms with van der Waals surface area (Å²) in [5, 5.41) is 15.2. The molecule has 1 aromatic carbocycles. The number of benzene rings is 1. The van der Waals surface area contributed by atoms with Crippen LogP contribution in [0, 0.1) is 0 Å². The van der Waals surface area contributed by atoms with Crippen LogP contribution in [0.2, 0.25) is 0 Å². The first-order valence-electron chi connectivity index (χ1n) is 10.1. The summed E-state index contributed by atoms with van der Waals surface area (Å²) in [6, 6.07) is 3.45. The van der Waals surface area contributed by atoms with Gasteiger partial charge < -0.3 is 0 Å². The number of hydrogen-bond donors (Lipinski definition) is 2. The summed E-state index contributed by atoms with van der Waals surface area (Å²) in [5.41, 5.74) is 2.26. The Balaban J connectivity index is 1.84. The Hall–Kier alpha value is -3.47. The Bertz CT molecular complexity index is 1360. The molecule has 0 saturated carbocycles. The van der Waals surface area contributed by atoms with E-state index in [4.69, 9.17) is 4.84 Å². The average Bonchev–Trinajstić information content (AvgIpc) is 3.44. The molecule has 4 aromatic rings. The number of H-pyrrole nitrogens is 2. The van der Waals surface area contributed by atoms with Gasteiger partial charge >= 0.3 is 6.18 Å². The standard InChI is InChI=1S/C21H19F3N6O2/c1-30(32-2)20(31)18-16-14(27-28-18)8-7-13-15(16)10-5-3-4-6-11(10)17(26-13)12-9-25-29-19(12)21(22,23)24/h7-9H,3-6H2,1-2H3,(H,25,29)(H,27,28). The number of carbonyl (C=O) groups is 1. The van der Waals surface area contributed by atoms with Crippen molar-refractivity contribution in [2.24, 2.45) is 0 Å². The van der Waals surface area contributed by atoms with E-state index in [9.17, 15) is 18.0 Å². The third-order valence-corrected chi connectivity index (χ3v) is 5.94. The van der Waals surface area contributed by atoms with Crippen LogP contribution in [-0.4, -0.2) is 50.5 Å². The largest absolute Gasteiger partial charge is 0.433 e. The van der Waals surface area contributed by atoms with Gasteiger partial charge in [-0.05, 0) is 48.9 Å². The van der Waals surface area contributed by atoms with Gasteiger partial charge in [0.25, 0.3) is 5.91 Å². The van der Waals surface area contributed by atoms with E-state index < -0.39 is 17.8 Å². The number of aryl methyl sites for hydroxylation is 1. The number of carbonyl (C=O) groups excluding carboxylic acids is 1. The highest BCUT2D eigenvalue weighted by Crippen LogP contribution is 2.42. The fraction of sp³-hybridized carbons (Fsp3) is 0.333. The van der Waals surface area contributed by atoms with Gasteiger partial charge in [-0.15, -0.1) is 0 Å². The summed E-state index contributed by atoms with van der Waals surface area (Å²) in [4.78, 5) is 22.5. The number of amides is 1. The van der Waals surface area contributed by atoms with Crippen LogP contribution in [0.25, 0.3) is 33.1 Å².